The standard InChI is InChI=1S/C13H23N5O/c1-3-11-12(9-17(2)16-11)15-13(19)10-18-7-4-5-14-6-8-18/h9,14H,3-8,10H2,1-2H3,(H,15,19). The van der Waals surface area contributed by atoms with E-state index in [1.165, 1.54) is 0 Å². The molecule has 2 rings (SSSR count). The largest absolute Gasteiger partial charge is 0.322 e. The van der Waals surface area contributed by atoms with Crippen molar-refractivity contribution in [3.8, 4) is 0 Å². The first kappa shape index (κ1) is 14.0. The fourth-order valence-corrected chi connectivity index (χ4v) is 2.35. The van der Waals surface area contributed by atoms with E-state index in [0.29, 0.717) is 6.54 Å². The van der Waals surface area contributed by atoms with Crippen LogP contribution in [-0.2, 0) is 18.3 Å². The van der Waals surface area contributed by atoms with Gasteiger partial charge in [0.2, 0.25) is 5.91 Å². The van der Waals surface area contributed by atoms with E-state index >= 15 is 0 Å². The molecule has 106 valence electrons. The van der Waals surface area contributed by atoms with Gasteiger partial charge in [-0.05, 0) is 25.9 Å². The number of carbonyl (C=O) groups is 1. The number of rotatable bonds is 4. The number of aromatic nitrogens is 2. The molecule has 0 bridgehead atoms. The van der Waals surface area contributed by atoms with Crippen LogP contribution in [0.25, 0.3) is 0 Å². The Kier molecular flexibility index (Phi) is 4.93. The van der Waals surface area contributed by atoms with Crippen LogP contribution in [0.1, 0.15) is 19.0 Å². The molecule has 1 amide bonds. The first-order chi connectivity index (χ1) is 9.19. The summed E-state index contributed by atoms with van der Waals surface area (Å²) in [5.74, 6) is 0.0459. The maximum absolute atomic E-state index is 12.1. The molecule has 2 N–H and O–H groups in total. The van der Waals surface area contributed by atoms with Gasteiger partial charge in [0.25, 0.3) is 0 Å². The van der Waals surface area contributed by atoms with Crippen molar-refractivity contribution in [3.63, 3.8) is 0 Å². The highest BCUT2D eigenvalue weighted by Gasteiger charge is 2.14. The molecule has 1 saturated heterocycles. The highest BCUT2D eigenvalue weighted by Crippen LogP contribution is 2.13. The lowest BCUT2D eigenvalue weighted by molar-refractivity contribution is -0.117. The van der Waals surface area contributed by atoms with Crippen LogP contribution in [0, 0.1) is 0 Å². The zero-order chi connectivity index (χ0) is 13.7. The normalized spacial score (nSPS) is 17.2. The summed E-state index contributed by atoms with van der Waals surface area (Å²) in [6, 6.07) is 0. The second kappa shape index (κ2) is 6.68. The molecular formula is C13H23N5O. The van der Waals surface area contributed by atoms with Gasteiger partial charge >= 0.3 is 0 Å². The van der Waals surface area contributed by atoms with Gasteiger partial charge in [-0.2, -0.15) is 5.10 Å². The molecule has 6 heteroatoms. The zero-order valence-electron chi connectivity index (χ0n) is 11.8. The molecule has 0 unspecified atom stereocenters. The van der Waals surface area contributed by atoms with Crippen LogP contribution in [0.3, 0.4) is 0 Å². The number of aryl methyl sites for hydroxylation is 2. The Labute approximate surface area is 114 Å². The summed E-state index contributed by atoms with van der Waals surface area (Å²) in [4.78, 5) is 14.3. The molecule has 0 aliphatic carbocycles. The van der Waals surface area contributed by atoms with Gasteiger partial charge in [0, 0.05) is 26.3 Å². The smallest absolute Gasteiger partial charge is 0.238 e. The zero-order valence-corrected chi connectivity index (χ0v) is 11.8. The summed E-state index contributed by atoms with van der Waals surface area (Å²) < 4.78 is 1.74. The number of hydrogen-bond acceptors (Lipinski definition) is 4. The summed E-state index contributed by atoms with van der Waals surface area (Å²) in [5, 5.41) is 10.6. The van der Waals surface area contributed by atoms with Crippen molar-refractivity contribution < 1.29 is 4.79 Å². The molecule has 0 atom stereocenters. The molecule has 1 aromatic rings. The van der Waals surface area contributed by atoms with Crippen molar-refractivity contribution >= 4 is 11.6 Å². The Hall–Kier alpha value is -1.40. The van der Waals surface area contributed by atoms with E-state index in [1.54, 1.807) is 4.68 Å². The molecule has 2 heterocycles. The third-order valence-corrected chi connectivity index (χ3v) is 3.31. The van der Waals surface area contributed by atoms with Crippen LogP contribution in [0.15, 0.2) is 6.20 Å². The minimum atomic E-state index is 0.0459. The van der Waals surface area contributed by atoms with Crippen molar-refractivity contribution in [3.05, 3.63) is 11.9 Å². The first-order valence-electron chi connectivity index (χ1n) is 6.94. The van der Waals surface area contributed by atoms with Crippen molar-refractivity contribution in [2.75, 3.05) is 38.0 Å². The SMILES string of the molecule is CCc1nn(C)cc1NC(=O)CN1CCCNCC1. The fraction of sp³-hybridized carbons (Fsp3) is 0.692. The number of amides is 1. The number of anilines is 1. The van der Waals surface area contributed by atoms with Crippen LogP contribution < -0.4 is 10.6 Å². The van der Waals surface area contributed by atoms with E-state index in [2.05, 4.69) is 20.6 Å². The van der Waals surface area contributed by atoms with Crippen molar-refractivity contribution in [2.45, 2.75) is 19.8 Å². The molecular weight excluding hydrogens is 242 g/mol. The predicted octanol–water partition coefficient (Wildman–Crippen LogP) is 0.216. The van der Waals surface area contributed by atoms with E-state index in [4.69, 9.17) is 0 Å². The number of nitrogens with one attached hydrogen (secondary N) is 2. The summed E-state index contributed by atoms with van der Waals surface area (Å²) in [7, 11) is 1.87. The van der Waals surface area contributed by atoms with Gasteiger partial charge in [-0.25, -0.2) is 0 Å². The molecule has 1 aliphatic heterocycles. The lowest BCUT2D eigenvalue weighted by Gasteiger charge is -2.18. The fourth-order valence-electron chi connectivity index (χ4n) is 2.35. The van der Waals surface area contributed by atoms with Crippen molar-refractivity contribution in [2.24, 2.45) is 7.05 Å². The highest BCUT2D eigenvalue weighted by molar-refractivity contribution is 5.92. The number of carbonyl (C=O) groups excluding carboxylic acids is 1. The first-order valence-corrected chi connectivity index (χ1v) is 6.94. The molecule has 6 nitrogen and oxygen atoms in total. The Bertz CT molecular complexity index is 421. The third kappa shape index (κ3) is 4.04. The summed E-state index contributed by atoms with van der Waals surface area (Å²) in [6.45, 7) is 6.41. The Morgan fingerprint density at radius 1 is 1.47 bits per heavy atom. The van der Waals surface area contributed by atoms with Gasteiger partial charge in [0.1, 0.15) is 0 Å². The molecule has 0 saturated carbocycles. The van der Waals surface area contributed by atoms with Crippen LogP contribution in [0.5, 0.6) is 0 Å². The molecule has 1 aromatic heterocycles. The molecule has 1 aliphatic rings. The third-order valence-electron chi connectivity index (χ3n) is 3.31. The maximum Gasteiger partial charge on any atom is 0.238 e. The average Bonchev–Trinajstić information content (AvgIpc) is 2.58. The van der Waals surface area contributed by atoms with Crippen LogP contribution >= 0.6 is 0 Å². The lowest BCUT2D eigenvalue weighted by Crippen LogP contribution is -2.35. The van der Waals surface area contributed by atoms with Gasteiger partial charge in [-0.1, -0.05) is 6.92 Å². The van der Waals surface area contributed by atoms with E-state index in [0.717, 1.165) is 50.4 Å². The minimum absolute atomic E-state index is 0.0459. The van der Waals surface area contributed by atoms with Crippen LogP contribution in [-0.4, -0.2) is 53.3 Å². The summed E-state index contributed by atoms with van der Waals surface area (Å²) >= 11 is 0. The maximum atomic E-state index is 12.1. The molecule has 19 heavy (non-hydrogen) atoms. The van der Waals surface area contributed by atoms with Crippen molar-refractivity contribution in [1.29, 1.82) is 0 Å². The average molecular weight is 265 g/mol. The number of nitrogens with zero attached hydrogens (tertiary/aromatic N) is 3. The Morgan fingerprint density at radius 3 is 3.11 bits per heavy atom. The second-order valence-electron chi connectivity index (χ2n) is 4.94. The topological polar surface area (TPSA) is 62.2 Å². The minimum Gasteiger partial charge on any atom is -0.322 e. The van der Waals surface area contributed by atoms with Gasteiger partial charge in [0.15, 0.2) is 0 Å². The summed E-state index contributed by atoms with van der Waals surface area (Å²) in [6.07, 6.45) is 3.78. The van der Waals surface area contributed by atoms with Gasteiger partial charge in [0.05, 0.1) is 17.9 Å². The Balaban J connectivity index is 1.89. The lowest BCUT2D eigenvalue weighted by atomic mass is 10.3. The Morgan fingerprint density at radius 2 is 2.32 bits per heavy atom. The molecule has 0 radical (unpaired) electrons. The monoisotopic (exact) mass is 265 g/mol. The summed E-state index contributed by atoms with van der Waals surface area (Å²) in [5.41, 5.74) is 1.77. The van der Waals surface area contributed by atoms with Gasteiger partial charge in [-0.15, -0.1) is 0 Å². The van der Waals surface area contributed by atoms with E-state index < -0.39 is 0 Å². The van der Waals surface area contributed by atoms with Gasteiger partial charge in [-0.3, -0.25) is 14.4 Å². The molecule has 1 fully saturated rings. The number of hydrogen-bond donors (Lipinski definition) is 2. The van der Waals surface area contributed by atoms with Crippen LogP contribution in [0.2, 0.25) is 0 Å². The second-order valence-corrected chi connectivity index (χ2v) is 4.94. The van der Waals surface area contributed by atoms with Crippen LogP contribution in [0.4, 0.5) is 5.69 Å². The van der Waals surface area contributed by atoms with Gasteiger partial charge < -0.3 is 10.6 Å². The molecule has 0 spiro atoms. The van der Waals surface area contributed by atoms with Crippen molar-refractivity contribution in [1.82, 2.24) is 20.0 Å². The van der Waals surface area contributed by atoms with E-state index in [-0.39, 0.29) is 5.91 Å². The predicted molar refractivity (Wildman–Crippen MR) is 75.1 cm³/mol. The quantitative estimate of drug-likeness (QED) is 0.817. The van der Waals surface area contributed by atoms with E-state index in [9.17, 15) is 4.79 Å². The molecule has 0 aromatic carbocycles. The van der Waals surface area contributed by atoms with E-state index in [1.807, 2.05) is 20.2 Å². The highest BCUT2D eigenvalue weighted by atomic mass is 16.2.